The molecular weight excluding hydrogens is 188 g/mol. The van der Waals surface area contributed by atoms with Crippen LogP contribution in [0.15, 0.2) is 12.1 Å². The number of fused-ring (bicyclic) bond motifs is 2. The third kappa shape index (κ3) is 1.34. The van der Waals surface area contributed by atoms with Crippen molar-refractivity contribution < 1.29 is 4.74 Å². The molecule has 1 fully saturated rings. The average Bonchev–Trinajstić information content (AvgIpc) is 2.59. The highest BCUT2D eigenvalue weighted by atomic mass is 16.5. The van der Waals surface area contributed by atoms with Gasteiger partial charge in [0.05, 0.1) is 11.4 Å². The van der Waals surface area contributed by atoms with E-state index in [0.29, 0.717) is 0 Å². The molecule has 0 unspecified atom stereocenters. The predicted octanol–water partition coefficient (Wildman–Crippen LogP) is 1.86. The first-order valence-corrected chi connectivity index (χ1v) is 5.60. The Bertz CT molecular complexity index is 378. The van der Waals surface area contributed by atoms with Crippen LogP contribution in [0.25, 0.3) is 0 Å². The van der Waals surface area contributed by atoms with Gasteiger partial charge >= 0.3 is 0 Å². The van der Waals surface area contributed by atoms with Crippen molar-refractivity contribution in [3.8, 4) is 0 Å². The molecule has 0 aromatic carbocycles. The Morgan fingerprint density at radius 3 is 2.93 bits per heavy atom. The lowest BCUT2D eigenvalue weighted by Gasteiger charge is -2.32. The highest BCUT2D eigenvalue weighted by Gasteiger charge is 2.41. The van der Waals surface area contributed by atoms with Crippen molar-refractivity contribution in [2.45, 2.75) is 25.2 Å². The Morgan fingerprint density at radius 2 is 2.13 bits per heavy atom. The fourth-order valence-electron chi connectivity index (χ4n) is 2.63. The smallest absolute Gasteiger partial charge is 0.0718 e. The number of anilines is 1. The first kappa shape index (κ1) is 9.16. The molecule has 15 heavy (non-hydrogen) atoms. The molecule has 0 aliphatic carbocycles. The minimum absolute atomic E-state index is 0.250. The molecule has 0 saturated carbocycles. The highest BCUT2D eigenvalue weighted by Crippen LogP contribution is 2.42. The lowest BCUT2D eigenvalue weighted by Crippen LogP contribution is -2.36. The SMILES string of the molecule is Cc1ccc2c(n1)C1(CCOCC1)CN2. The van der Waals surface area contributed by atoms with Crippen LogP contribution in [0.4, 0.5) is 5.69 Å². The maximum atomic E-state index is 5.45. The zero-order chi connectivity index (χ0) is 10.3. The van der Waals surface area contributed by atoms with Gasteiger partial charge in [0.1, 0.15) is 0 Å². The molecule has 1 aromatic heterocycles. The van der Waals surface area contributed by atoms with Crippen molar-refractivity contribution in [1.29, 1.82) is 0 Å². The first-order valence-electron chi connectivity index (χ1n) is 5.60. The van der Waals surface area contributed by atoms with Crippen LogP contribution in [0.5, 0.6) is 0 Å². The molecule has 1 aromatic rings. The van der Waals surface area contributed by atoms with Crippen LogP contribution in [0.2, 0.25) is 0 Å². The van der Waals surface area contributed by atoms with Crippen LogP contribution < -0.4 is 5.32 Å². The molecule has 80 valence electrons. The van der Waals surface area contributed by atoms with Crippen molar-refractivity contribution in [2.24, 2.45) is 0 Å². The molecule has 3 nitrogen and oxygen atoms in total. The molecule has 1 spiro atoms. The quantitative estimate of drug-likeness (QED) is 0.700. The number of nitrogens with one attached hydrogen (secondary N) is 1. The standard InChI is InChI=1S/C12H16N2O/c1-9-2-3-10-11(14-9)12(8-13-10)4-6-15-7-5-12/h2-3,13H,4-8H2,1H3. The summed E-state index contributed by atoms with van der Waals surface area (Å²) in [5.74, 6) is 0. The third-order valence-electron chi connectivity index (χ3n) is 3.60. The topological polar surface area (TPSA) is 34.1 Å². The predicted molar refractivity (Wildman–Crippen MR) is 59.2 cm³/mol. The molecule has 0 atom stereocenters. The number of nitrogens with zero attached hydrogens (tertiary/aromatic N) is 1. The molecule has 3 heteroatoms. The highest BCUT2D eigenvalue weighted by molar-refractivity contribution is 5.57. The van der Waals surface area contributed by atoms with Crippen LogP contribution in [-0.4, -0.2) is 24.7 Å². The van der Waals surface area contributed by atoms with Crippen molar-refractivity contribution >= 4 is 5.69 Å². The van der Waals surface area contributed by atoms with Crippen molar-refractivity contribution in [3.05, 3.63) is 23.5 Å². The van der Waals surface area contributed by atoms with E-state index in [-0.39, 0.29) is 5.41 Å². The van der Waals surface area contributed by atoms with E-state index in [1.54, 1.807) is 0 Å². The van der Waals surface area contributed by atoms with Crippen LogP contribution >= 0.6 is 0 Å². The largest absolute Gasteiger partial charge is 0.383 e. The summed E-state index contributed by atoms with van der Waals surface area (Å²) in [5.41, 5.74) is 3.86. The number of pyridine rings is 1. The van der Waals surface area contributed by atoms with E-state index < -0.39 is 0 Å². The summed E-state index contributed by atoms with van der Waals surface area (Å²) in [6.45, 7) is 4.83. The number of rotatable bonds is 0. The van der Waals surface area contributed by atoms with Gasteiger partial charge in [-0.15, -0.1) is 0 Å². The molecular formula is C12H16N2O. The second-order valence-corrected chi connectivity index (χ2v) is 4.60. The Morgan fingerprint density at radius 1 is 1.33 bits per heavy atom. The summed E-state index contributed by atoms with van der Waals surface area (Å²) in [7, 11) is 0. The van der Waals surface area contributed by atoms with E-state index in [1.807, 2.05) is 0 Å². The number of ether oxygens (including phenoxy) is 1. The zero-order valence-corrected chi connectivity index (χ0v) is 9.05. The van der Waals surface area contributed by atoms with Gasteiger partial charge in [0.15, 0.2) is 0 Å². The van der Waals surface area contributed by atoms with Gasteiger partial charge in [0.2, 0.25) is 0 Å². The molecule has 2 aliphatic heterocycles. The van der Waals surface area contributed by atoms with Gasteiger partial charge in [0, 0.05) is 30.9 Å². The third-order valence-corrected chi connectivity index (χ3v) is 3.60. The Kier molecular flexibility index (Phi) is 1.96. The number of aromatic nitrogens is 1. The van der Waals surface area contributed by atoms with Gasteiger partial charge in [-0.25, -0.2) is 0 Å². The van der Waals surface area contributed by atoms with E-state index in [2.05, 4.69) is 24.4 Å². The lowest BCUT2D eigenvalue weighted by molar-refractivity contribution is 0.0554. The minimum Gasteiger partial charge on any atom is -0.383 e. The van der Waals surface area contributed by atoms with Gasteiger partial charge in [-0.3, -0.25) is 4.98 Å². The van der Waals surface area contributed by atoms with Gasteiger partial charge in [-0.1, -0.05) is 0 Å². The lowest BCUT2D eigenvalue weighted by atomic mass is 9.78. The van der Waals surface area contributed by atoms with Crippen LogP contribution in [-0.2, 0) is 10.2 Å². The fraction of sp³-hybridized carbons (Fsp3) is 0.583. The fourth-order valence-corrected chi connectivity index (χ4v) is 2.63. The summed E-state index contributed by atoms with van der Waals surface area (Å²) in [6.07, 6.45) is 2.20. The van der Waals surface area contributed by atoms with Crippen molar-refractivity contribution in [3.63, 3.8) is 0 Å². The molecule has 0 bridgehead atoms. The molecule has 3 heterocycles. The Hall–Kier alpha value is -1.09. The van der Waals surface area contributed by atoms with Gasteiger partial charge in [0.25, 0.3) is 0 Å². The zero-order valence-electron chi connectivity index (χ0n) is 9.05. The molecule has 2 aliphatic rings. The van der Waals surface area contributed by atoms with Gasteiger partial charge in [-0.2, -0.15) is 0 Å². The Balaban J connectivity index is 2.05. The van der Waals surface area contributed by atoms with Crippen LogP contribution in [0.1, 0.15) is 24.2 Å². The Labute approximate surface area is 89.9 Å². The van der Waals surface area contributed by atoms with E-state index in [4.69, 9.17) is 9.72 Å². The maximum absolute atomic E-state index is 5.45. The van der Waals surface area contributed by atoms with E-state index >= 15 is 0 Å². The second kappa shape index (κ2) is 3.20. The van der Waals surface area contributed by atoms with Crippen molar-refractivity contribution in [1.82, 2.24) is 4.98 Å². The summed E-state index contributed by atoms with van der Waals surface area (Å²) in [6, 6.07) is 4.23. The molecule has 1 N–H and O–H groups in total. The molecule has 0 amide bonds. The average molecular weight is 204 g/mol. The maximum Gasteiger partial charge on any atom is 0.0718 e. The first-order chi connectivity index (χ1) is 7.30. The van der Waals surface area contributed by atoms with Crippen LogP contribution in [0.3, 0.4) is 0 Å². The number of hydrogen-bond donors (Lipinski definition) is 1. The van der Waals surface area contributed by atoms with Gasteiger partial charge < -0.3 is 10.1 Å². The van der Waals surface area contributed by atoms with Crippen LogP contribution in [0, 0.1) is 6.92 Å². The van der Waals surface area contributed by atoms with Crippen molar-refractivity contribution in [2.75, 3.05) is 25.1 Å². The monoisotopic (exact) mass is 204 g/mol. The summed E-state index contributed by atoms with van der Waals surface area (Å²) in [5, 5.41) is 3.47. The van der Waals surface area contributed by atoms with Gasteiger partial charge in [-0.05, 0) is 31.9 Å². The van der Waals surface area contributed by atoms with E-state index in [9.17, 15) is 0 Å². The molecule has 1 saturated heterocycles. The second-order valence-electron chi connectivity index (χ2n) is 4.60. The molecule has 3 rings (SSSR count). The molecule has 0 radical (unpaired) electrons. The number of hydrogen-bond acceptors (Lipinski definition) is 3. The van der Waals surface area contributed by atoms with E-state index in [1.165, 1.54) is 11.4 Å². The number of aryl methyl sites for hydroxylation is 1. The summed E-state index contributed by atoms with van der Waals surface area (Å²) < 4.78 is 5.45. The normalized spacial score (nSPS) is 22.5. The summed E-state index contributed by atoms with van der Waals surface area (Å²) >= 11 is 0. The van der Waals surface area contributed by atoms with E-state index in [0.717, 1.165) is 38.3 Å². The minimum atomic E-state index is 0.250. The summed E-state index contributed by atoms with van der Waals surface area (Å²) in [4.78, 5) is 4.71.